The van der Waals surface area contributed by atoms with Crippen LogP contribution in [0.3, 0.4) is 0 Å². The molecule has 0 unspecified atom stereocenters. The van der Waals surface area contributed by atoms with Crippen molar-refractivity contribution in [1.82, 2.24) is 4.72 Å². The van der Waals surface area contributed by atoms with Crippen LogP contribution in [0, 0.1) is 6.92 Å². The molecule has 1 saturated carbocycles. The Morgan fingerprint density at radius 2 is 1.81 bits per heavy atom. The quantitative estimate of drug-likeness (QED) is 0.816. The lowest BCUT2D eigenvalue weighted by atomic mass is 9.64. The van der Waals surface area contributed by atoms with Crippen molar-refractivity contribution in [3.05, 3.63) is 59.7 Å². The van der Waals surface area contributed by atoms with E-state index >= 15 is 0 Å². The molecular formula is C20H24N2O3S. The summed E-state index contributed by atoms with van der Waals surface area (Å²) in [5, 5.41) is 2.63. The molecule has 2 aromatic carbocycles. The van der Waals surface area contributed by atoms with Gasteiger partial charge in [0.25, 0.3) is 0 Å². The third-order valence-electron chi connectivity index (χ3n) is 5.10. The van der Waals surface area contributed by atoms with E-state index in [4.69, 9.17) is 0 Å². The maximum atomic E-state index is 12.9. The van der Waals surface area contributed by atoms with Crippen molar-refractivity contribution in [2.75, 3.05) is 11.9 Å². The van der Waals surface area contributed by atoms with Gasteiger partial charge in [-0.05, 0) is 43.0 Å². The highest BCUT2D eigenvalue weighted by Gasteiger charge is 2.39. The van der Waals surface area contributed by atoms with Crippen molar-refractivity contribution in [1.29, 1.82) is 0 Å². The van der Waals surface area contributed by atoms with Crippen molar-refractivity contribution in [3.8, 4) is 0 Å². The number of sulfonamides is 1. The van der Waals surface area contributed by atoms with E-state index in [0.717, 1.165) is 19.3 Å². The van der Waals surface area contributed by atoms with E-state index in [9.17, 15) is 13.2 Å². The van der Waals surface area contributed by atoms with E-state index in [-0.39, 0.29) is 16.2 Å². The number of benzene rings is 2. The van der Waals surface area contributed by atoms with Gasteiger partial charge in [-0.3, -0.25) is 4.79 Å². The van der Waals surface area contributed by atoms with Crippen LogP contribution in [0.2, 0.25) is 0 Å². The number of nitrogens with one attached hydrogen (secondary N) is 2. The number of carbonyl (C=O) groups excluding carboxylic acids is 1. The average Bonchev–Trinajstić information content (AvgIpc) is 2.56. The minimum Gasteiger partial charge on any atom is -0.326 e. The van der Waals surface area contributed by atoms with Crippen LogP contribution in [-0.2, 0) is 20.2 Å². The second-order valence-corrected chi connectivity index (χ2v) is 8.72. The Morgan fingerprint density at radius 1 is 1.12 bits per heavy atom. The van der Waals surface area contributed by atoms with Crippen LogP contribution in [0.1, 0.15) is 37.3 Å². The highest BCUT2D eigenvalue weighted by atomic mass is 32.2. The first kappa shape index (κ1) is 18.6. The van der Waals surface area contributed by atoms with Gasteiger partial charge in [-0.1, -0.05) is 42.8 Å². The topological polar surface area (TPSA) is 75.3 Å². The maximum absolute atomic E-state index is 12.9. The maximum Gasteiger partial charge on any atom is 0.240 e. The van der Waals surface area contributed by atoms with Crippen LogP contribution in [0.25, 0.3) is 0 Å². The van der Waals surface area contributed by atoms with E-state index in [1.165, 1.54) is 18.6 Å². The van der Waals surface area contributed by atoms with Crippen LogP contribution in [0.5, 0.6) is 0 Å². The standard InChI is InChI=1S/C20H24N2O3S/c1-15-9-10-18(22-16(2)23)13-19(15)26(24,25)21-14-20(11-6-12-20)17-7-4-3-5-8-17/h3-5,7-10,13,21H,6,11-12,14H2,1-2H3,(H,22,23). The monoisotopic (exact) mass is 372 g/mol. The predicted octanol–water partition coefficient (Wildman–Crippen LogP) is 3.35. The van der Waals surface area contributed by atoms with Gasteiger partial charge >= 0.3 is 0 Å². The summed E-state index contributed by atoms with van der Waals surface area (Å²) >= 11 is 0. The third kappa shape index (κ3) is 3.81. The Morgan fingerprint density at radius 3 is 2.38 bits per heavy atom. The molecule has 0 heterocycles. The summed E-state index contributed by atoms with van der Waals surface area (Å²) in [5.74, 6) is -0.234. The molecule has 138 valence electrons. The first-order valence-corrected chi connectivity index (χ1v) is 10.2. The minimum atomic E-state index is -3.67. The molecule has 0 bridgehead atoms. The van der Waals surface area contributed by atoms with Gasteiger partial charge in [0, 0.05) is 24.6 Å². The molecule has 26 heavy (non-hydrogen) atoms. The molecule has 2 aromatic rings. The van der Waals surface area contributed by atoms with Gasteiger partial charge in [0.1, 0.15) is 0 Å². The summed E-state index contributed by atoms with van der Waals surface area (Å²) in [6.45, 7) is 3.53. The largest absolute Gasteiger partial charge is 0.326 e. The van der Waals surface area contributed by atoms with Crippen LogP contribution in [0.4, 0.5) is 5.69 Å². The zero-order valence-corrected chi connectivity index (χ0v) is 15.9. The number of aryl methyl sites for hydroxylation is 1. The van der Waals surface area contributed by atoms with E-state index < -0.39 is 10.0 Å². The Balaban J connectivity index is 1.82. The molecule has 5 nitrogen and oxygen atoms in total. The Hall–Kier alpha value is -2.18. The van der Waals surface area contributed by atoms with Gasteiger partial charge in [0.15, 0.2) is 0 Å². The fourth-order valence-electron chi connectivity index (χ4n) is 3.44. The number of anilines is 1. The SMILES string of the molecule is CC(=O)Nc1ccc(C)c(S(=O)(=O)NCC2(c3ccccc3)CCC2)c1. The number of rotatable bonds is 6. The summed E-state index contributed by atoms with van der Waals surface area (Å²) in [6.07, 6.45) is 3.06. The molecule has 1 fully saturated rings. The predicted molar refractivity (Wildman–Crippen MR) is 103 cm³/mol. The number of hydrogen-bond donors (Lipinski definition) is 2. The number of hydrogen-bond acceptors (Lipinski definition) is 3. The third-order valence-corrected chi connectivity index (χ3v) is 6.64. The molecule has 6 heteroatoms. The fraction of sp³-hybridized carbons (Fsp3) is 0.350. The van der Waals surface area contributed by atoms with E-state index in [1.54, 1.807) is 19.1 Å². The Labute approximate surface area is 154 Å². The second-order valence-electron chi connectivity index (χ2n) is 6.99. The lowest BCUT2D eigenvalue weighted by Gasteiger charge is -2.42. The Kier molecular flexibility index (Phi) is 5.16. The summed E-state index contributed by atoms with van der Waals surface area (Å²) in [7, 11) is -3.67. The van der Waals surface area contributed by atoms with Crippen LogP contribution in [0.15, 0.2) is 53.4 Å². The van der Waals surface area contributed by atoms with Gasteiger partial charge in [-0.2, -0.15) is 0 Å². The molecule has 0 spiro atoms. The lowest BCUT2D eigenvalue weighted by Crippen LogP contribution is -2.45. The van der Waals surface area contributed by atoms with Crippen LogP contribution in [-0.4, -0.2) is 20.9 Å². The van der Waals surface area contributed by atoms with Crippen molar-refractivity contribution in [2.45, 2.75) is 43.4 Å². The van der Waals surface area contributed by atoms with Gasteiger partial charge < -0.3 is 5.32 Å². The average molecular weight is 372 g/mol. The summed E-state index contributed by atoms with van der Waals surface area (Å²) in [4.78, 5) is 11.4. The van der Waals surface area contributed by atoms with Crippen molar-refractivity contribution in [3.63, 3.8) is 0 Å². The number of carbonyl (C=O) groups is 1. The molecule has 0 saturated heterocycles. The van der Waals surface area contributed by atoms with Gasteiger partial charge in [-0.25, -0.2) is 13.1 Å². The molecule has 2 N–H and O–H groups in total. The highest BCUT2D eigenvalue weighted by molar-refractivity contribution is 7.89. The summed E-state index contributed by atoms with van der Waals surface area (Å²) < 4.78 is 28.6. The normalized spacial score (nSPS) is 15.9. The fourth-order valence-corrected chi connectivity index (χ4v) is 4.84. The number of amides is 1. The highest BCUT2D eigenvalue weighted by Crippen LogP contribution is 2.43. The van der Waals surface area contributed by atoms with Crippen molar-refractivity contribution in [2.24, 2.45) is 0 Å². The molecule has 0 aliphatic heterocycles. The molecule has 1 amide bonds. The second kappa shape index (κ2) is 7.21. The zero-order valence-electron chi connectivity index (χ0n) is 15.1. The lowest BCUT2D eigenvalue weighted by molar-refractivity contribution is -0.114. The molecule has 1 aliphatic rings. The van der Waals surface area contributed by atoms with Gasteiger partial charge in [0.05, 0.1) is 4.90 Å². The minimum absolute atomic E-state index is 0.128. The first-order chi connectivity index (χ1) is 12.3. The van der Waals surface area contributed by atoms with Gasteiger partial charge in [-0.15, -0.1) is 0 Å². The van der Waals surface area contributed by atoms with Crippen LogP contribution >= 0.6 is 0 Å². The van der Waals surface area contributed by atoms with E-state index in [0.29, 0.717) is 17.8 Å². The van der Waals surface area contributed by atoms with Gasteiger partial charge in [0.2, 0.25) is 15.9 Å². The van der Waals surface area contributed by atoms with Crippen molar-refractivity contribution >= 4 is 21.6 Å². The first-order valence-electron chi connectivity index (χ1n) is 8.76. The zero-order chi connectivity index (χ0) is 18.8. The molecule has 1 aliphatic carbocycles. The molecule has 0 atom stereocenters. The molecule has 0 aromatic heterocycles. The Bertz CT molecular complexity index is 904. The molecule has 0 radical (unpaired) electrons. The molecule has 3 rings (SSSR count). The smallest absolute Gasteiger partial charge is 0.240 e. The van der Waals surface area contributed by atoms with Crippen LogP contribution < -0.4 is 10.0 Å². The van der Waals surface area contributed by atoms with E-state index in [2.05, 4.69) is 22.2 Å². The molecular weight excluding hydrogens is 348 g/mol. The van der Waals surface area contributed by atoms with Crippen molar-refractivity contribution < 1.29 is 13.2 Å². The summed E-state index contributed by atoms with van der Waals surface area (Å²) in [6, 6.07) is 15.0. The van der Waals surface area contributed by atoms with E-state index in [1.807, 2.05) is 18.2 Å². The summed E-state index contributed by atoms with van der Waals surface area (Å²) in [5.41, 5.74) is 2.17.